The number of hydrogen-bond acceptors (Lipinski definition) is 3. The van der Waals surface area contributed by atoms with Crippen LogP contribution in [0.15, 0.2) is 0 Å². The maximum Gasteiger partial charge on any atom is 0.0110 e. The zero-order valence-corrected chi connectivity index (χ0v) is 14.7. The van der Waals surface area contributed by atoms with Crippen LogP contribution in [0.4, 0.5) is 0 Å². The molecule has 1 heterocycles. The Morgan fingerprint density at radius 3 is 1.95 bits per heavy atom. The fourth-order valence-corrected chi connectivity index (χ4v) is 3.01. The number of likely N-dealkylation sites (N-methyl/N-ethyl adjacent to an activating group) is 1. The molecule has 0 radical (unpaired) electrons. The van der Waals surface area contributed by atoms with Gasteiger partial charge in [-0.2, -0.15) is 0 Å². The lowest BCUT2D eigenvalue weighted by Gasteiger charge is -2.32. The zero-order chi connectivity index (χ0) is 15.2. The molecule has 0 bridgehead atoms. The summed E-state index contributed by atoms with van der Waals surface area (Å²) < 4.78 is 0. The summed E-state index contributed by atoms with van der Waals surface area (Å²) in [5.41, 5.74) is 0. The highest BCUT2D eigenvalue weighted by Crippen LogP contribution is 2.07. The Balaban J connectivity index is 1.73. The molecule has 126 valence electrons. The van der Waals surface area contributed by atoms with Gasteiger partial charge in [0.1, 0.15) is 0 Å². The van der Waals surface area contributed by atoms with Gasteiger partial charge in [0, 0.05) is 26.2 Å². The minimum atomic E-state index is 1.20. The van der Waals surface area contributed by atoms with Crippen LogP contribution in [-0.4, -0.2) is 62.7 Å². The number of hydrogen-bond donors (Lipinski definition) is 1. The Hall–Kier alpha value is -0.120. The fourth-order valence-electron chi connectivity index (χ4n) is 3.01. The summed E-state index contributed by atoms with van der Waals surface area (Å²) in [7, 11) is 2.22. The minimum Gasteiger partial charge on any atom is -0.317 e. The van der Waals surface area contributed by atoms with Crippen molar-refractivity contribution in [2.45, 2.75) is 64.7 Å². The van der Waals surface area contributed by atoms with Gasteiger partial charge in [0.05, 0.1) is 0 Å². The van der Waals surface area contributed by atoms with Crippen molar-refractivity contribution in [1.29, 1.82) is 0 Å². The van der Waals surface area contributed by atoms with Crippen molar-refractivity contribution in [3.05, 3.63) is 0 Å². The Bertz CT molecular complexity index is 213. The monoisotopic (exact) mass is 297 g/mol. The van der Waals surface area contributed by atoms with Crippen LogP contribution in [0.2, 0.25) is 0 Å². The number of nitrogens with one attached hydrogen (secondary N) is 1. The molecule has 1 saturated heterocycles. The van der Waals surface area contributed by atoms with Crippen LogP contribution in [-0.2, 0) is 0 Å². The van der Waals surface area contributed by atoms with Gasteiger partial charge in [-0.05, 0) is 39.5 Å². The molecule has 1 aliphatic rings. The molecule has 3 heteroatoms. The van der Waals surface area contributed by atoms with Gasteiger partial charge in [-0.25, -0.2) is 0 Å². The fraction of sp³-hybridized carbons (Fsp3) is 1.00. The van der Waals surface area contributed by atoms with Crippen molar-refractivity contribution < 1.29 is 0 Å². The number of nitrogens with zero attached hydrogens (tertiary/aromatic N) is 2. The minimum absolute atomic E-state index is 1.20. The van der Waals surface area contributed by atoms with Crippen LogP contribution < -0.4 is 5.32 Å². The van der Waals surface area contributed by atoms with Crippen molar-refractivity contribution >= 4 is 0 Å². The van der Waals surface area contributed by atoms with E-state index in [-0.39, 0.29) is 0 Å². The largest absolute Gasteiger partial charge is 0.317 e. The maximum atomic E-state index is 3.61. The third-order valence-corrected chi connectivity index (χ3v) is 4.63. The molecule has 0 aromatic rings. The first-order valence-corrected chi connectivity index (χ1v) is 9.44. The average Bonchev–Trinajstić information content (AvgIpc) is 2.50. The molecule has 0 aromatic carbocycles. The first-order valence-electron chi connectivity index (χ1n) is 9.44. The van der Waals surface area contributed by atoms with E-state index >= 15 is 0 Å². The third kappa shape index (κ3) is 11.1. The molecule has 3 nitrogen and oxygen atoms in total. The van der Waals surface area contributed by atoms with Gasteiger partial charge in [0.15, 0.2) is 0 Å². The van der Waals surface area contributed by atoms with Crippen LogP contribution in [0.3, 0.4) is 0 Å². The molecular weight excluding hydrogens is 258 g/mol. The highest BCUT2D eigenvalue weighted by Gasteiger charge is 2.12. The van der Waals surface area contributed by atoms with E-state index in [4.69, 9.17) is 0 Å². The van der Waals surface area contributed by atoms with E-state index in [0.717, 1.165) is 0 Å². The smallest absolute Gasteiger partial charge is 0.0110 e. The Morgan fingerprint density at radius 1 is 0.714 bits per heavy atom. The molecule has 1 fully saturated rings. The van der Waals surface area contributed by atoms with Crippen LogP contribution in [0.25, 0.3) is 0 Å². The SMILES string of the molecule is CCCCCCCCCCNCCCN1CCN(C)CC1. The second kappa shape index (κ2) is 13.5. The van der Waals surface area contributed by atoms with Gasteiger partial charge in [-0.3, -0.25) is 0 Å². The molecule has 0 aliphatic carbocycles. The number of piperazine rings is 1. The first-order chi connectivity index (χ1) is 10.3. The van der Waals surface area contributed by atoms with E-state index in [1.54, 1.807) is 0 Å². The molecule has 0 saturated carbocycles. The van der Waals surface area contributed by atoms with Gasteiger partial charge in [-0.15, -0.1) is 0 Å². The standard InChI is InChI=1S/C18H39N3/c1-3-4-5-6-7-8-9-10-12-19-13-11-14-21-17-15-20(2)16-18-21/h19H,3-18H2,1-2H3. The molecule has 0 atom stereocenters. The summed E-state index contributed by atoms with van der Waals surface area (Å²) in [6, 6.07) is 0. The predicted octanol–water partition coefficient (Wildman–Crippen LogP) is 3.35. The number of rotatable bonds is 13. The van der Waals surface area contributed by atoms with Crippen molar-refractivity contribution in [3.8, 4) is 0 Å². The molecule has 0 spiro atoms. The van der Waals surface area contributed by atoms with E-state index in [1.807, 2.05) is 0 Å². The molecular formula is C18H39N3. The molecule has 0 amide bonds. The molecule has 1 rings (SSSR count). The van der Waals surface area contributed by atoms with Crippen LogP contribution in [0.5, 0.6) is 0 Å². The predicted molar refractivity (Wildman–Crippen MR) is 94.0 cm³/mol. The zero-order valence-electron chi connectivity index (χ0n) is 14.7. The van der Waals surface area contributed by atoms with Gasteiger partial charge >= 0.3 is 0 Å². The van der Waals surface area contributed by atoms with E-state index in [2.05, 4.69) is 29.1 Å². The second-order valence-corrected chi connectivity index (χ2v) is 6.72. The topological polar surface area (TPSA) is 18.5 Å². The molecule has 0 aromatic heterocycles. The van der Waals surface area contributed by atoms with Gasteiger partial charge in [-0.1, -0.05) is 51.9 Å². The van der Waals surface area contributed by atoms with E-state index < -0.39 is 0 Å². The third-order valence-electron chi connectivity index (χ3n) is 4.63. The van der Waals surface area contributed by atoms with Gasteiger partial charge in [0.25, 0.3) is 0 Å². The molecule has 0 unspecified atom stereocenters. The summed E-state index contributed by atoms with van der Waals surface area (Å²) in [5, 5.41) is 3.61. The van der Waals surface area contributed by atoms with Crippen molar-refractivity contribution in [3.63, 3.8) is 0 Å². The van der Waals surface area contributed by atoms with Crippen LogP contribution in [0.1, 0.15) is 64.7 Å². The summed E-state index contributed by atoms with van der Waals surface area (Å²) in [4.78, 5) is 5.04. The maximum absolute atomic E-state index is 3.61. The van der Waals surface area contributed by atoms with E-state index in [9.17, 15) is 0 Å². The van der Waals surface area contributed by atoms with E-state index in [0.29, 0.717) is 0 Å². The lowest BCUT2D eigenvalue weighted by molar-refractivity contribution is 0.153. The summed E-state index contributed by atoms with van der Waals surface area (Å²) in [6.45, 7) is 11.0. The normalized spacial score (nSPS) is 17.4. The highest BCUT2D eigenvalue weighted by atomic mass is 15.2. The average molecular weight is 298 g/mol. The lowest BCUT2D eigenvalue weighted by atomic mass is 10.1. The van der Waals surface area contributed by atoms with Crippen molar-refractivity contribution in [1.82, 2.24) is 15.1 Å². The Kier molecular flexibility index (Phi) is 12.2. The number of unbranched alkanes of at least 4 members (excludes halogenated alkanes) is 7. The van der Waals surface area contributed by atoms with E-state index in [1.165, 1.54) is 104 Å². The quantitative estimate of drug-likeness (QED) is 0.526. The highest BCUT2D eigenvalue weighted by molar-refractivity contribution is 4.69. The molecule has 1 N–H and O–H groups in total. The first kappa shape index (κ1) is 18.9. The summed E-state index contributed by atoms with van der Waals surface area (Å²) >= 11 is 0. The van der Waals surface area contributed by atoms with Crippen molar-refractivity contribution in [2.75, 3.05) is 52.9 Å². The van der Waals surface area contributed by atoms with Crippen LogP contribution in [0, 0.1) is 0 Å². The Labute approximate surface area is 133 Å². The summed E-state index contributed by atoms with van der Waals surface area (Å²) in [5.74, 6) is 0. The van der Waals surface area contributed by atoms with Crippen molar-refractivity contribution in [2.24, 2.45) is 0 Å². The molecule has 21 heavy (non-hydrogen) atoms. The Morgan fingerprint density at radius 2 is 1.29 bits per heavy atom. The lowest BCUT2D eigenvalue weighted by Crippen LogP contribution is -2.45. The summed E-state index contributed by atoms with van der Waals surface area (Å²) in [6.07, 6.45) is 12.6. The van der Waals surface area contributed by atoms with Crippen LogP contribution >= 0.6 is 0 Å². The second-order valence-electron chi connectivity index (χ2n) is 6.72. The van der Waals surface area contributed by atoms with Gasteiger partial charge in [0.2, 0.25) is 0 Å². The molecule has 1 aliphatic heterocycles. The van der Waals surface area contributed by atoms with Gasteiger partial charge < -0.3 is 15.1 Å².